The van der Waals surface area contributed by atoms with E-state index in [4.69, 9.17) is 10.5 Å². The third-order valence-electron chi connectivity index (χ3n) is 3.06. The molecule has 0 radical (unpaired) electrons. The van der Waals surface area contributed by atoms with Gasteiger partial charge in [-0.2, -0.15) is 4.98 Å². The predicted octanol–water partition coefficient (Wildman–Crippen LogP) is 2.70. The summed E-state index contributed by atoms with van der Waals surface area (Å²) in [6.45, 7) is 6.46. The zero-order valence-electron chi connectivity index (χ0n) is 11.2. The zero-order chi connectivity index (χ0) is 14.0. The molecule has 2 N–H and O–H groups in total. The van der Waals surface area contributed by atoms with E-state index in [2.05, 4.69) is 29.0 Å². The summed E-state index contributed by atoms with van der Waals surface area (Å²) in [5, 5.41) is 0. The van der Waals surface area contributed by atoms with Crippen molar-refractivity contribution in [1.82, 2.24) is 9.97 Å². The van der Waals surface area contributed by atoms with E-state index in [1.807, 2.05) is 13.8 Å². The van der Waals surface area contributed by atoms with E-state index in [9.17, 15) is 4.39 Å². The Bertz CT molecular complexity index is 614. The molecule has 0 aliphatic heterocycles. The Morgan fingerprint density at radius 3 is 2.53 bits per heavy atom. The molecule has 0 atom stereocenters. The predicted molar refractivity (Wildman–Crippen MR) is 71.4 cm³/mol. The molecule has 0 saturated heterocycles. The molecule has 1 aromatic heterocycles. The fourth-order valence-corrected chi connectivity index (χ4v) is 1.75. The number of hydrogen-bond acceptors (Lipinski definition) is 4. The Labute approximate surface area is 111 Å². The quantitative estimate of drug-likeness (QED) is 0.922. The van der Waals surface area contributed by atoms with Crippen LogP contribution in [0.5, 0.6) is 6.01 Å². The number of aryl methyl sites for hydroxylation is 3. The van der Waals surface area contributed by atoms with Crippen molar-refractivity contribution in [3.8, 4) is 6.01 Å². The molecule has 1 heterocycles. The number of aromatic nitrogens is 2. The Hall–Kier alpha value is -2.17. The molecule has 0 aliphatic carbocycles. The molecule has 0 bridgehead atoms. The summed E-state index contributed by atoms with van der Waals surface area (Å²) in [6, 6.07) is 4.25. The van der Waals surface area contributed by atoms with Crippen LogP contribution in [0, 0.1) is 26.6 Å². The topological polar surface area (TPSA) is 61.0 Å². The molecule has 2 rings (SSSR count). The number of nitrogens with two attached hydrogens (primary N) is 1. The van der Waals surface area contributed by atoms with Crippen LogP contribution >= 0.6 is 0 Å². The highest BCUT2D eigenvalue weighted by atomic mass is 19.1. The maximum atomic E-state index is 12.9. The molecule has 5 heteroatoms. The van der Waals surface area contributed by atoms with Gasteiger partial charge >= 0.3 is 6.01 Å². The van der Waals surface area contributed by atoms with E-state index >= 15 is 0 Å². The Morgan fingerprint density at radius 2 is 1.84 bits per heavy atom. The lowest BCUT2D eigenvalue weighted by Crippen LogP contribution is -2.04. The van der Waals surface area contributed by atoms with Crippen LogP contribution in [0.4, 0.5) is 10.2 Å². The highest BCUT2D eigenvalue weighted by Crippen LogP contribution is 2.17. The van der Waals surface area contributed by atoms with Gasteiger partial charge in [0.25, 0.3) is 0 Å². The van der Waals surface area contributed by atoms with Crippen molar-refractivity contribution in [2.75, 3.05) is 5.73 Å². The van der Waals surface area contributed by atoms with Crippen molar-refractivity contribution in [3.63, 3.8) is 0 Å². The summed E-state index contributed by atoms with van der Waals surface area (Å²) in [5.74, 6) is -0.850. The van der Waals surface area contributed by atoms with Gasteiger partial charge in [0.1, 0.15) is 6.61 Å². The zero-order valence-corrected chi connectivity index (χ0v) is 11.2. The lowest BCUT2D eigenvalue weighted by atomic mass is 10.0. The third-order valence-corrected chi connectivity index (χ3v) is 3.06. The molecule has 0 saturated carbocycles. The highest BCUT2D eigenvalue weighted by Gasteiger charge is 2.06. The van der Waals surface area contributed by atoms with E-state index in [-0.39, 0.29) is 11.8 Å². The minimum Gasteiger partial charge on any atom is -0.459 e. The van der Waals surface area contributed by atoms with Crippen LogP contribution in [0.15, 0.2) is 18.3 Å². The summed E-state index contributed by atoms with van der Waals surface area (Å²) >= 11 is 0. The number of ether oxygens (including phenoxy) is 1. The van der Waals surface area contributed by atoms with Crippen molar-refractivity contribution in [2.24, 2.45) is 0 Å². The van der Waals surface area contributed by atoms with Gasteiger partial charge in [0.2, 0.25) is 0 Å². The minimum absolute atomic E-state index is 0.0801. The number of benzene rings is 1. The second-order valence-electron chi connectivity index (χ2n) is 4.54. The highest BCUT2D eigenvalue weighted by molar-refractivity contribution is 5.36. The molecule has 0 fully saturated rings. The summed E-state index contributed by atoms with van der Waals surface area (Å²) in [4.78, 5) is 7.46. The first-order valence-corrected chi connectivity index (χ1v) is 5.95. The molecule has 0 unspecified atom stereocenters. The van der Waals surface area contributed by atoms with Gasteiger partial charge in [-0.15, -0.1) is 0 Å². The standard InChI is InChI=1S/C14H16FN3O/c1-8-4-10(3)11(5-9(8)2)7-19-14-17-6-12(15)13(16)18-14/h4-6H,7H2,1-3H3,(H2,16,17,18). The van der Waals surface area contributed by atoms with Crippen molar-refractivity contribution in [3.05, 3.63) is 46.4 Å². The van der Waals surface area contributed by atoms with Gasteiger partial charge in [0, 0.05) is 0 Å². The van der Waals surface area contributed by atoms with Crippen molar-refractivity contribution in [2.45, 2.75) is 27.4 Å². The van der Waals surface area contributed by atoms with E-state index in [0.29, 0.717) is 6.61 Å². The molecular weight excluding hydrogens is 245 g/mol. The van der Waals surface area contributed by atoms with Crippen LogP contribution in [0.1, 0.15) is 22.3 Å². The number of hydrogen-bond donors (Lipinski definition) is 1. The summed E-state index contributed by atoms with van der Waals surface area (Å²) in [7, 11) is 0. The van der Waals surface area contributed by atoms with Gasteiger partial charge in [-0.1, -0.05) is 12.1 Å². The summed E-state index contributed by atoms with van der Waals surface area (Å²) in [5.41, 5.74) is 9.98. The maximum absolute atomic E-state index is 12.9. The normalized spacial score (nSPS) is 10.5. The number of halogens is 1. The van der Waals surface area contributed by atoms with Crippen LogP contribution in [0.25, 0.3) is 0 Å². The van der Waals surface area contributed by atoms with Crippen molar-refractivity contribution < 1.29 is 9.13 Å². The average molecular weight is 261 g/mol. The summed E-state index contributed by atoms with van der Waals surface area (Å²) in [6.07, 6.45) is 1.00. The smallest absolute Gasteiger partial charge is 0.318 e. The van der Waals surface area contributed by atoms with Gasteiger partial charge in [0.05, 0.1) is 6.20 Å². The number of anilines is 1. The fraction of sp³-hybridized carbons (Fsp3) is 0.286. The third kappa shape index (κ3) is 2.99. The van der Waals surface area contributed by atoms with Gasteiger partial charge in [-0.3, -0.25) is 0 Å². The first kappa shape index (κ1) is 13.3. The monoisotopic (exact) mass is 261 g/mol. The number of nitrogens with zero attached hydrogens (tertiary/aromatic N) is 2. The Morgan fingerprint density at radius 1 is 1.16 bits per heavy atom. The van der Waals surface area contributed by atoms with Crippen molar-refractivity contribution >= 4 is 5.82 Å². The first-order chi connectivity index (χ1) is 8.97. The lowest BCUT2D eigenvalue weighted by Gasteiger charge is -2.10. The van der Waals surface area contributed by atoms with E-state index in [1.54, 1.807) is 0 Å². The SMILES string of the molecule is Cc1cc(C)c(COc2ncc(F)c(N)n2)cc1C. The number of rotatable bonds is 3. The molecule has 0 amide bonds. The second-order valence-corrected chi connectivity index (χ2v) is 4.54. The molecule has 4 nitrogen and oxygen atoms in total. The molecular formula is C14H16FN3O. The van der Waals surface area contributed by atoms with Crippen LogP contribution < -0.4 is 10.5 Å². The molecule has 19 heavy (non-hydrogen) atoms. The lowest BCUT2D eigenvalue weighted by molar-refractivity contribution is 0.279. The minimum atomic E-state index is -0.644. The number of nitrogen functional groups attached to an aromatic ring is 1. The fourth-order valence-electron chi connectivity index (χ4n) is 1.75. The van der Waals surface area contributed by atoms with Gasteiger partial charge in [-0.25, -0.2) is 9.37 Å². The maximum Gasteiger partial charge on any atom is 0.318 e. The van der Waals surface area contributed by atoms with Gasteiger partial charge in [-0.05, 0) is 43.0 Å². The molecule has 2 aromatic rings. The van der Waals surface area contributed by atoms with Gasteiger partial charge < -0.3 is 10.5 Å². The van der Waals surface area contributed by atoms with E-state index in [1.165, 1.54) is 11.1 Å². The summed E-state index contributed by atoms with van der Waals surface area (Å²) < 4.78 is 18.4. The van der Waals surface area contributed by atoms with Gasteiger partial charge in [0.15, 0.2) is 11.6 Å². The largest absolute Gasteiger partial charge is 0.459 e. The second kappa shape index (κ2) is 5.22. The Balaban J connectivity index is 2.14. The average Bonchev–Trinajstić information content (AvgIpc) is 2.36. The van der Waals surface area contributed by atoms with Crippen molar-refractivity contribution in [1.29, 1.82) is 0 Å². The molecule has 1 aromatic carbocycles. The van der Waals surface area contributed by atoms with Crippen LogP contribution in [0.3, 0.4) is 0 Å². The molecule has 0 aliphatic rings. The Kier molecular flexibility index (Phi) is 3.64. The van der Waals surface area contributed by atoms with Crippen LogP contribution in [-0.2, 0) is 6.61 Å². The van der Waals surface area contributed by atoms with Crippen LogP contribution in [-0.4, -0.2) is 9.97 Å². The molecule has 0 spiro atoms. The van der Waals surface area contributed by atoms with E-state index in [0.717, 1.165) is 17.3 Å². The first-order valence-electron chi connectivity index (χ1n) is 5.95. The van der Waals surface area contributed by atoms with E-state index < -0.39 is 5.82 Å². The van der Waals surface area contributed by atoms with Crippen LogP contribution in [0.2, 0.25) is 0 Å². The molecule has 100 valence electrons.